The number of aryl methyl sites for hydroxylation is 3. The van der Waals surface area contributed by atoms with Crippen LogP contribution >= 0.6 is 0 Å². The van der Waals surface area contributed by atoms with Crippen LogP contribution in [0, 0.1) is 26.6 Å². The summed E-state index contributed by atoms with van der Waals surface area (Å²) in [6, 6.07) is 4.84. The molecule has 0 bridgehead atoms. The van der Waals surface area contributed by atoms with Crippen molar-refractivity contribution in [2.24, 2.45) is 0 Å². The van der Waals surface area contributed by atoms with Gasteiger partial charge in [0.2, 0.25) is 5.89 Å². The van der Waals surface area contributed by atoms with Crippen molar-refractivity contribution in [1.82, 2.24) is 4.98 Å². The topological polar surface area (TPSA) is 26.0 Å². The van der Waals surface area contributed by atoms with Gasteiger partial charge in [-0.3, -0.25) is 0 Å². The van der Waals surface area contributed by atoms with Gasteiger partial charge in [0.15, 0.2) is 0 Å². The molecule has 0 saturated heterocycles. The van der Waals surface area contributed by atoms with Crippen LogP contribution in [-0.4, -0.2) is 4.98 Å². The van der Waals surface area contributed by atoms with E-state index in [1.165, 1.54) is 6.07 Å². The maximum atomic E-state index is 13.0. The van der Waals surface area contributed by atoms with Crippen LogP contribution < -0.4 is 0 Å². The summed E-state index contributed by atoms with van der Waals surface area (Å²) < 4.78 is 18.5. The van der Waals surface area contributed by atoms with Crippen molar-refractivity contribution < 1.29 is 8.81 Å². The minimum Gasteiger partial charge on any atom is -0.441 e. The molecule has 0 saturated carbocycles. The first-order valence-electron chi connectivity index (χ1n) is 4.78. The molecule has 3 heteroatoms. The molecular formula is C12H12FNO. The monoisotopic (exact) mass is 205 g/mol. The third kappa shape index (κ3) is 1.77. The number of hydrogen-bond donors (Lipinski definition) is 0. The molecule has 1 aromatic heterocycles. The molecule has 2 aromatic rings. The van der Waals surface area contributed by atoms with Gasteiger partial charge in [0, 0.05) is 5.56 Å². The van der Waals surface area contributed by atoms with E-state index in [0.29, 0.717) is 11.5 Å². The molecule has 1 heterocycles. The standard InChI is InChI=1S/C12H12FNO/c1-7-6-10(4-5-11(7)13)12-14-8(2)9(3)15-12/h4-6H,1-3H3. The van der Waals surface area contributed by atoms with Gasteiger partial charge in [0.1, 0.15) is 11.6 Å². The lowest BCUT2D eigenvalue weighted by Crippen LogP contribution is -1.84. The zero-order valence-electron chi connectivity index (χ0n) is 8.97. The molecule has 0 aliphatic rings. The van der Waals surface area contributed by atoms with Crippen LogP contribution in [0.25, 0.3) is 11.5 Å². The van der Waals surface area contributed by atoms with Gasteiger partial charge in [-0.1, -0.05) is 0 Å². The van der Waals surface area contributed by atoms with E-state index in [9.17, 15) is 4.39 Å². The minimum absolute atomic E-state index is 0.209. The largest absolute Gasteiger partial charge is 0.441 e. The van der Waals surface area contributed by atoms with E-state index in [1.54, 1.807) is 19.1 Å². The average molecular weight is 205 g/mol. The number of hydrogen-bond acceptors (Lipinski definition) is 2. The summed E-state index contributed by atoms with van der Waals surface area (Å²) in [5.41, 5.74) is 2.28. The Kier molecular flexibility index (Phi) is 2.31. The Balaban J connectivity index is 2.49. The SMILES string of the molecule is Cc1cc(-c2nc(C)c(C)o2)ccc1F. The zero-order valence-corrected chi connectivity index (χ0v) is 8.97. The number of halogens is 1. The number of nitrogens with zero attached hydrogens (tertiary/aromatic N) is 1. The first-order chi connectivity index (χ1) is 7.08. The van der Waals surface area contributed by atoms with E-state index in [2.05, 4.69) is 4.98 Å². The molecule has 0 fully saturated rings. The van der Waals surface area contributed by atoms with Crippen LogP contribution in [0.3, 0.4) is 0 Å². The quantitative estimate of drug-likeness (QED) is 0.713. The normalized spacial score (nSPS) is 10.7. The second-order valence-electron chi connectivity index (χ2n) is 3.62. The highest BCUT2D eigenvalue weighted by Gasteiger charge is 2.09. The highest BCUT2D eigenvalue weighted by Crippen LogP contribution is 2.23. The van der Waals surface area contributed by atoms with E-state index in [-0.39, 0.29) is 5.82 Å². The second-order valence-corrected chi connectivity index (χ2v) is 3.62. The molecule has 0 aliphatic carbocycles. The molecule has 0 amide bonds. The van der Waals surface area contributed by atoms with Crippen molar-refractivity contribution in [1.29, 1.82) is 0 Å². The first-order valence-corrected chi connectivity index (χ1v) is 4.78. The van der Waals surface area contributed by atoms with Crippen LogP contribution in [-0.2, 0) is 0 Å². The fraction of sp³-hybridized carbons (Fsp3) is 0.250. The van der Waals surface area contributed by atoms with Crippen molar-refractivity contribution >= 4 is 0 Å². The van der Waals surface area contributed by atoms with E-state index in [4.69, 9.17) is 4.42 Å². The van der Waals surface area contributed by atoms with Gasteiger partial charge < -0.3 is 4.42 Å². The second kappa shape index (κ2) is 3.50. The molecule has 0 spiro atoms. The third-order valence-corrected chi connectivity index (χ3v) is 2.43. The van der Waals surface area contributed by atoms with Crippen LogP contribution in [0.4, 0.5) is 4.39 Å². The molecule has 2 nitrogen and oxygen atoms in total. The molecule has 78 valence electrons. The van der Waals surface area contributed by atoms with Crippen molar-refractivity contribution in [3.8, 4) is 11.5 Å². The maximum Gasteiger partial charge on any atom is 0.226 e. The molecule has 0 radical (unpaired) electrons. The van der Waals surface area contributed by atoms with Crippen LogP contribution in [0.2, 0.25) is 0 Å². The van der Waals surface area contributed by atoms with Gasteiger partial charge in [-0.05, 0) is 44.5 Å². The van der Waals surface area contributed by atoms with Gasteiger partial charge in [0.05, 0.1) is 5.69 Å². The van der Waals surface area contributed by atoms with Gasteiger partial charge >= 0.3 is 0 Å². The molecule has 15 heavy (non-hydrogen) atoms. The van der Waals surface area contributed by atoms with Crippen molar-refractivity contribution in [3.63, 3.8) is 0 Å². The molecular weight excluding hydrogens is 193 g/mol. The highest BCUT2D eigenvalue weighted by atomic mass is 19.1. The smallest absolute Gasteiger partial charge is 0.226 e. The summed E-state index contributed by atoms with van der Waals surface area (Å²) in [4.78, 5) is 4.26. The summed E-state index contributed by atoms with van der Waals surface area (Å²) in [6.45, 7) is 5.47. The maximum absolute atomic E-state index is 13.0. The predicted octanol–water partition coefficient (Wildman–Crippen LogP) is 3.41. The van der Waals surface area contributed by atoms with Gasteiger partial charge in [-0.2, -0.15) is 0 Å². The van der Waals surface area contributed by atoms with E-state index >= 15 is 0 Å². The van der Waals surface area contributed by atoms with Crippen molar-refractivity contribution in [2.75, 3.05) is 0 Å². The van der Waals surface area contributed by atoms with Crippen LogP contribution in [0.5, 0.6) is 0 Å². The Morgan fingerprint density at radius 1 is 1.20 bits per heavy atom. The lowest BCUT2D eigenvalue weighted by atomic mass is 10.1. The summed E-state index contributed by atoms with van der Waals surface area (Å²) in [7, 11) is 0. The summed E-state index contributed by atoms with van der Waals surface area (Å²) in [6.07, 6.45) is 0. The molecule has 2 rings (SSSR count). The lowest BCUT2D eigenvalue weighted by molar-refractivity contribution is 0.540. The lowest BCUT2D eigenvalue weighted by Gasteiger charge is -1.98. The number of oxazole rings is 1. The Morgan fingerprint density at radius 2 is 1.93 bits per heavy atom. The molecule has 0 unspecified atom stereocenters. The summed E-state index contributed by atoms with van der Waals surface area (Å²) in [5, 5.41) is 0. The fourth-order valence-corrected chi connectivity index (χ4v) is 1.37. The predicted molar refractivity (Wildman–Crippen MR) is 56.1 cm³/mol. The third-order valence-electron chi connectivity index (χ3n) is 2.43. The van der Waals surface area contributed by atoms with Gasteiger partial charge in [-0.15, -0.1) is 0 Å². The molecule has 0 atom stereocenters. The summed E-state index contributed by atoms with van der Waals surface area (Å²) >= 11 is 0. The molecule has 0 N–H and O–H groups in total. The minimum atomic E-state index is -0.209. The average Bonchev–Trinajstić information content (AvgIpc) is 2.52. The van der Waals surface area contributed by atoms with E-state index in [1.807, 2.05) is 13.8 Å². The highest BCUT2D eigenvalue weighted by molar-refractivity contribution is 5.55. The molecule has 0 aliphatic heterocycles. The zero-order chi connectivity index (χ0) is 11.0. The summed E-state index contributed by atoms with van der Waals surface area (Å²) in [5.74, 6) is 1.14. The molecule has 1 aromatic carbocycles. The number of aromatic nitrogens is 1. The Labute approximate surface area is 87.8 Å². The van der Waals surface area contributed by atoms with Gasteiger partial charge in [-0.25, -0.2) is 9.37 Å². The first kappa shape index (κ1) is 9.90. The Hall–Kier alpha value is -1.64. The Bertz CT molecular complexity index is 483. The van der Waals surface area contributed by atoms with Crippen molar-refractivity contribution in [3.05, 3.63) is 41.0 Å². The van der Waals surface area contributed by atoms with Crippen LogP contribution in [0.1, 0.15) is 17.0 Å². The Morgan fingerprint density at radius 3 is 2.47 bits per heavy atom. The fourth-order valence-electron chi connectivity index (χ4n) is 1.37. The van der Waals surface area contributed by atoms with Crippen molar-refractivity contribution in [2.45, 2.75) is 20.8 Å². The van der Waals surface area contributed by atoms with E-state index in [0.717, 1.165) is 17.0 Å². The van der Waals surface area contributed by atoms with Crippen LogP contribution in [0.15, 0.2) is 22.6 Å². The number of benzene rings is 1. The van der Waals surface area contributed by atoms with E-state index < -0.39 is 0 Å². The van der Waals surface area contributed by atoms with Gasteiger partial charge in [0.25, 0.3) is 0 Å². The number of rotatable bonds is 1.